The van der Waals surface area contributed by atoms with Crippen LogP contribution in [0.2, 0.25) is 0 Å². The number of carbonyl (C=O) groups excluding carboxylic acids is 2. The van der Waals surface area contributed by atoms with E-state index in [9.17, 15) is 9.59 Å². The van der Waals surface area contributed by atoms with Gasteiger partial charge in [0, 0.05) is 31.6 Å². The molecule has 33 heavy (non-hydrogen) atoms. The Labute approximate surface area is 195 Å². The zero-order valence-corrected chi connectivity index (χ0v) is 20.0. The summed E-state index contributed by atoms with van der Waals surface area (Å²) in [5.74, 6) is 1.31. The van der Waals surface area contributed by atoms with E-state index in [1.165, 1.54) is 0 Å². The van der Waals surface area contributed by atoms with Gasteiger partial charge >= 0.3 is 0 Å². The number of likely N-dealkylation sites (tertiary alicyclic amines) is 1. The summed E-state index contributed by atoms with van der Waals surface area (Å²) in [4.78, 5) is 27.2. The molecule has 9 heteroatoms. The number of benzene rings is 1. The molecule has 1 aromatic carbocycles. The van der Waals surface area contributed by atoms with Gasteiger partial charge in [-0.2, -0.15) is 0 Å². The average molecular weight is 458 g/mol. The first-order valence-electron chi connectivity index (χ1n) is 11.6. The lowest BCUT2D eigenvalue weighted by molar-refractivity contribution is -0.135. The Hall–Kier alpha value is -3.10. The van der Waals surface area contributed by atoms with Gasteiger partial charge in [0.15, 0.2) is 17.2 Å². The van der Waals surface area contributed by atoms with E-state index in [2.05, 4.69) is 15.6 Å². The van der Waals surface area contributed by atoms with E-state index in [-0.39, 0.29) is 23.9 Å². The molecule has 1 aliphatic heterocycles. The van der Waals surface area contributed by atoms with Crippen LogP contribution in [0.4, 0.5) is 0 Å². The summed E-state index contributed by atoms with van der Waals surface area (Å²) in [6.45, 7) is 5.21. The van der Waals surface area contributed by atoms with Crippen LogP contribution in [0.15, 0.2) is 24.4 Å². The maximum atomic E-state index is 13.0. The minimum Gasteiger partial charge on any atom is -0.493 e. The van der Waals surface area contributed by atoms with Crippen molar-refractivity contribution in [3.8, 4) is 11.5 Å². The fourth-order valence-corrected chi connectivity index (χ4v) is 4.19. The van der Waals surface area contributed by atoms with Gasteiger partial charge in [-0.05, 0) is 63.6 Å². The normalized spacial score (nSPS) is 16.0. The molecule has 0 spiro atoms. The molecule has 2 heterocycles. The van der Waals surface area contributed by atoms with Crippen molar-refractivity contribution in [1.29, 1.82) is 0 Å². The van der Waals surface area contributed by atoms with Crippen LogP contribution in [0.25, 0.3) is 0 Å². The van der Waals surface area contributed by atoms with Crippen molar-refractivity contribution >= 4 is 11.8 Å². The summed E-state index contributed by atoms with van der Waals surface area (Å²) in [6, 6.07) is 5.99. The SMILES string of the molecule is COc1ccc(CCC(=O)N2CCCC[C@@H]2CCn2cc(C(=O)NC(C)C)nn2)cc1OC. The Morgan fingerprint density at radius 2 is 1.97 bits per heavy atom. The first kappa shape index (κ1) is 24.5. The molecule has 2 amide bonds. The van der Waals surface area contributed by atoms with Crippen molar-refractivity contribution in [3.05, 3.63) is 35.7 Å². The Morgan fingerprint density at radius 1 is 1.18 bits per heavy atom. The standard InChI is InChI=1S/C24H35N5O4/c1-17(2)25-24(31)20-16-28(27-26-20)14-12-19-7-5-6-13-29(19)23(30)11-9-18-8-10-21(32-3)22(15-18)33-4/h8,10,15-17,19H,5-7,9,11-14H2,1-4H3,(H,25,31)/t19-/m1/s1. The van der Waals surface area contributed by atoms with Crippen molar-refractivity contribution in [2.75, 3.05) is 20.8 Å². The first-order chi connectivity index (χ1) is 15.9. The van der Waals surface area contributed by atoms with Gasteiger partial charge in [-0.3, -0.25) is 14.3 Å². The molecule has 9 nitrogen and oxygen atoms in total. The highest BCUT2D eigenvalue weighted by atomic mass is 16.5. The minimum absolute atomic E-state index is 0.0449. The smallest absolute Gasteiger partial charge is 0.273 e. The zero-order chi connectivity index (χ0) is 23.8. The summed E-state index contributed by atoms with van der Waals surface area (Å²) in [6.07, 6.45) is 6.69. The average Bonchev–Trinajstić information content (AvgIpc) is 3.30. The Kier molecular flexibility index (Phi) is 8.68. The molecular weight excluding hydrogens is 422 g/mol. The first-order valence-corrected chi connectivity index (χ1v) is 11.6. The number of hydrogen-bond donors (Lipinski definition) is 1. The molecule has 1 atom stereocenters. The van der Waals surface area contributed by atoms with E-state index in [1.54, 1.807) is 25.1 Å². The van der Waals surface area contributed by atoms with Crippen molar-refractivity contribution in [1.82, 2.24) is 25.2 Å². The molecule has 0 radical (unpaired) electrons. The second-order valence-corrected chi connectivity index (χ2v) is 8.71. The second-order valence-electron chi connectivity index (χ2n) is 8.71. The number of amides is 2. The van der Waals surface area contributed by atoms with Crippen LogP contribution in [-0.4, -0.2) is 64.6 Å². The Balaban J connectivity index is 1.55. The van der Waals surface area contributed by atoms with Gasteiger partial charge in [0.1, 0.15) is 0 Å². The number of aryl methyl sites for hydroxylation is 2. The van der Waals surface area contributed by atoms with Crippen molar-refractivity contribution in [2.24, 2.45) is 0 Å². The number of methoxy groups -OCH3 is 2. The number of aromatic nitrogens is 3. The van der Waals surface area contributed by atoms with E-state index < -0.39 is 0 Å². The number of ether oxygens (including phenoxy) is 2. The zero-order valence-electron chi connectivity index (χ0n) is 20.0. The molecule has 0 aliphatic carbocycles. The van der Waals surface area contributed by atoms with E-state index >= 15 is 0 Å². The molecule has 0 saturated carbocycles. The molecule has 1 N–H and O–H groups in total. The van der Waals surface area contributed by atoms with Gasteiger partial charge in [0.25, 0.3) is 5.91 Å². The maximum Gasteiger partial charge on any atom is 0.273 e. The lowest BCUT2D eigenvalue weighted by Crippen LogP contribution is -2.44. The van der Waals surface area contributed by atoms with Crippen LogP contribution in [-0.2, 0) is 17.8 Å². The third-order valence-corrected chi connectivity index (χ3v) is 5.91. The van der Waals surface area contributed by atoms with Gasteiger partial charge in [0.2, 0.25) is 5.91 Å². The molecule has 1 aromatic heterocycles. The lowest BCUT2D eigenvalue weighted by atomic mass is 9.98. The summed E-state index contributed by atoms with van der Waals surface area (Å²) in [5.41, 5.74) is 1.36. The monoisotopic (exact) mass is 457 g/mol. The van der Waals surface area contributed by atoms with Gasteiger partial charge in [-0.15, -0.1) is 5.10 Å². The van der Waals surface area contributed by atoms with Crippen LogP contribution in [0, 0.1) is 0 Å². The van der Waals surface area contributed by atoms with Gasteiger partial charge < -0.3 is 19.7 Å². The van der Waals surface area contributed by atoms with Gasteiger partial charge in [-0.25, -0.2) is 0 Å². The van der Waals surface area contributed by atoms with E-state index in [0.29, 0.717) is 36.6 Å². The van der Waals surface area contributed by atoms with Crippen molar-refractivity contribution < 1.29 is 19.1 Å². The van der Waals surface area contributed by atoms with Gasteiger partial charge in [0.05, 0.1) is 20.4 Å². The van der Waals surface area contributed by atoms with E-state index in [1.807, 2.05) is 36.9 Å². The molecule has 1 saturated heterocycles. The number of hydrogen-bond acceptors (Lipinski definition) is 6. The number of nitrogens with zero attached hydrogens (tertiary/aromatic N) is 4. The fourth-order valence-electron chi connectivity index (χ4n) is 4.19. The topological polar surface area (TPSA) is 98.6 Å². The fraction of sp³-hybridized carbons (Fsp3) is 0.583. The molecule has 3 rings (SSSR count). The number of piperidine rings is 1. The predicted octanol–water partition coefficient (Wildman–Crippen LogP) is 2.84. The summed E-state index contributed by atoms with van der Waals surface area (Å²) >= 11 is 0. The number of carbonyl (C=O) groups is 2. The minimum atomic E-state index is -0.221. The summed E-state index contributed by atoms with van der Waals surface area (Å²) in [5, 5.41) is 10.9. The third kappa shape index (κ3) is 6.69. The van der Waals surface area contributed by atoms with Crippen LogP contribution in [0.1, 0.15) is 62.0 Å². The highest BCUT2D eigenvalue weighted by Crippen LogP contribution is 2.28. The maximum absolute atomic E-state index is 13.0. The lowest BCUT2D eigenvalue weighted by Gasteiger charge is -2.36. The third-order valence-electron chi connectivity index (χ3n) is 5.91. The predicted molar refractivity (Wildman–Crippen MR) is 124 cm³/mol. The van der Waals surface area contributed by atoms with Crippen molar-refractivity contribution in [2.45, 2.75) is 71.0 Å². The molecule has 0 unspecified atom stereocenters. The highest BCUT2D eigenvalue weighted by molar-refractivity contribution is 5.91. The number of rotatable bonds is 10. The Morgan fingerprint density at radius 3 is 2.70 bits per heavy atom. The number of nitrogens with one attached hydrogen (secondary N) is 1. The summed E-state index contributed by atoms with van der Waals surface area (Å²) < 4.78 is 12.3. The molecule has 0 bridgehead atoms. The van der Waals surface area contributed by atoms with Crippen LogP contribution in [0.3, 0.4) is 0 Å². The van der Waals surface area contributed by atoms with Crippen LogP contribution in [0.5, 0.6) is 11.5 Å². The largest absolute Gasteiger partial charge is 0.493 e. The van der Waals surface area contributed by atoms with Crippen molar-refractivity contribution in [3.63, 3.8) is 0 Å². The van der Waals surface area contributed by atoms with E-state index in [0.717, 1.165) is 37.8 Å². The molecule has 180 valence electrons. The molecular formula is C24H35N5O4. The quantitative estimate of drug-likeness (QED) is 0.589. The van der Waals surface area contributed by atoms with Crippen LogP contribution < -0.4 is 14.8 Å². The molecule has 1 aliphatic rings. The molecule has 1 fully saturated rings. The van der Waals surface area contributed by atoms with Crippen LogP contribution >= 0.6 is 0 Å². The Bertz CT molecular complexity index is 943. The second kappa shape index (κ2) is 11.7. The van der Waals surface area contributed by atoms with Gasteiger partial charge in [-0.1, -0.05) is 11.3 Å². The highest BCUT2D eigenvalue weighted by Gasteiger charge is 2.26. The summed E-state index contributed by atoms with van der Waals surface area (Å²) in [7, 11) is 3.22. The molecule has 2 aromatic rings. The van der Waals surface area contributed by atoms with E-state index in [4.69, 9.17) is 9.47 Å².